The SMILES string of the molecule is COc1cc2c3c(c4cc(OC)c(OC)cc4c2cc1OC)C(c1ccc(O)c(O)c1)C1=C(COC1=O)N3. The number of hydrogen-bond acceptors (Lipinski definition) is 9. The predicted molar refractivity (Wildman–Crippen MR) is 141 cm³/mol. The minimum absolute atomic E-state index is 0.0902. The van der Waals surface area contributed by atoms with Gasteiger partial charge < -0.3 is 39.2 Å². The molecule has 0 fully saturated rings. The van der Waals surface area contributed by atoms with Gasteiger partial charge in [0.2, 0.25) is 0 Å². The molecule has 0 aromatic heterocycles. The number of hydrogen-bond donors (Lipinski definition) is 3. The molecule has 0 aliphatic carbocycles. The highest BCUT2D eigenvalue weighted by atomic mass is 16.5. The Morgan fingerprint density at radius 2 is 1.32 bits per heavy atom. The van der Waals surface area contributed by atoms with Crippen LogP contribution in [0, 0.1) is 0 Å². The Balaban J connectivity index is 1.81. The van der Waals surface area contributed by atoms with Crippen LogP contribution in [0.15, 0.2) is 53.7 Å². The van der Waals surface area contributed by atoms with Gasteiger partial charge in [-0.2, -0.15) is 0 Å². The summed E-state index contributed by atoms with van der Waals surface area (Å²) in [6.45, 7) is 0.0902. The van der Waals surface area contributed by atoms with Gasteiger partial charge in [0.05, 0.1) is 45.4 Å². The zero-order valence-electron chi connectivity index (χ0n) is 21.2. The molecule has 0 spiro atoms. The van der Waals surface area contributed by atoms with Crippen LogP contribution >= 0.6 is 0 Å². The molecule has 194 valence electrons. The van der Waals surface area contributed by atoms with Crippen molar-refractivity contribution in [3.8, 4) is 34.5 Å². The van der Waals surface area contributed by atoms with Crippen molar-refractivity contribution in [3.05, 3.63) is 64.9 Å². The van der Waals surface area contributed by atoms with E-state index in [0.29, 0.717) is 39.8 Å². The quantitative estimate of drug-likeness (QED) is 0.196. The van der Waals surface area contributed by atoms with E-state index in [4.69, 9.17) is 23.7 Å². The summed E-state index contributed by atoms with van der Waals surface area (Å²) in [7, 11) is 6.29. The molecular weight excluding hydrogens is 490 g/mol. The first-order valence-corrected chi connectivity index (χ1v) is 11.9. The third-order valence-corrected chi connectivity index (χ3v) is 7.25. The Morgan fingerprint density at radius 1 is 0.763 bits per heavy atom. The normalized spacial score (nSPS) is 16.1. The van der Waals surface area contributed by atoms with Gasteiger partial charge in [-0.15, -0.1) is 0 Å². The smallest absolute Gasteiger partial charge is 0.337 e. The number of carbonyl (C=O) groups is 1. The fourth-order valence-electron chi connectivity index (χ4n) is 5.51. The number of fused-ring (bicyclic) bond motifs is 6. The monoisotopic (exact) mass is 515 g/mol. The molecule has 9 nitrogen and oxygen atoms in total. The highest BCUT2D eigenvalue weighted by Crippen LogP contribution is 2.53. The molecular formula is C29H25NO8. The van der Waals surface area contributed by atoms with E-state index >= 15 is 0 Å². The third kappa shape index (κ3) is 3.28. The second kappa shape index (κ2) is 8.65. The van der Waals surface area contributed by atoms with Crippen molar-refractivity contribution in [2.24, 2.45) is 0 Å². The fourth-order valence-corrected chi connectivity index (χ4v) is 5.51. The molecule has 0 bridgehead atoms. The number of anilines is 1. The van der Waals surface area contributed by atoms with Gasteiger partial charge >= 0.3 is 5.97 Å². The minimum atomic E-state index is -0.610. The first-order valence-electron chi connectivity index (χ1n) is 11.9. The second-order valence-corrected chi connectivity index (χ2v) is 9.07. The van der Waals surface area contributed by atoms with E-state index in [-0.39, 0.29) is 18.1 Å². The van der Waals surface area contributed by atoms with Crippen LogP contribution in [0.4, 0.5) is 5.69 Å². The predicted octanol–water partition coefficient (Wildman–Crippen LogP) is 4.81. The van der Waals surface area contributed by atoms with Crippen LogP contribution in [0.1, 0.15) is 17.0 Å². The molecule has 1 atom stereocenters. The summed E-state index contributed by atoms with van der Waals surface area (Å²) in [5.74, 6) is 0.566. The van der Waals surface area contributed by atoms with E-state index in [2.05, 4.69) is 5.32 Å². The van der Waals surface area contributed by atoms with E-state index in [1.54, 1.807) is 34.5 Å². The number of benzene rings is 4. The van der Waals surface area contributed by atoms with Gasteiger partial charge in [0.15, 0.2) is 34.5 Å². The Hall–Kier alpha value is -4.79. The van der Waals surface area contributed by atoms with Crippen LogP contribution in [-0.2, 0) is 9.53 Å². The van der Waals surface area contributed by atoms with Gasteiger partial charge in [-0.3, -0.25) is 0 Å². The Kier molecular flexibility index (Phi) is 5.37. The number of cyclic esters (lactones) is 1. The van der Waals surface area contributed by atoms with Crippen molar-refractivity contribution < 1.29 is 38.7 Å². The molecule has 6 rings (SSSR count). The molecule has 1 unspecified atom stereocenters. The maximum atomic E-state index is 13.0. The highest BCUT2D eigenvalue weighted by Gasteiger charge is 2.41. The van der Waals surface area contributed by atoms with E-state index in [9.17, 15) is 15.0 Å². The summed E-state index contributed by atoms with van der Waals surface area (Å²) in [5, 5.41) is 27.2. The average molecular weight is 516 g/mol. The number of phenolic OH excluding ortho intramolecular Hbond substituents is 2. The number of methoxy groups -OCH3 is 4. The number of carbonyl (C=O) groups excluding carboxylic acids is 1. The van der Waals surface area contributed by atoms with Crippen LogP contribution in [0.2, 0.25) is 0 Å². The topological polar surface area (TPSA) is 116 Å². The summed E-state index contributed by atoms with van der Waals surface area (Å²) < 4.78 is 28.0. The second-order valence-electron chi connectivity index (χ2n) is 9.07. The lowest BCUT2D eigenvalue weighted by Gasteiger charge is -2.31. The number of esters is 1. The fraction of sp³-hybridized carbons (Fsp3) is 0.207. The molecule has 4 aromatic rings. The molecule has 0 saturated heterocycles. The molecule has 3 N–H and O–H groups in total. The molecule has 0 saturated carbocycles. The molecule has 9 heteroatoms. The van der Waals surface area contributed by atoms with Crippen molar-refractivity contribution in [2.75, 3.05) is 40.4 Å². The first-order chi connectivity index (χ1) is 18.4. The molecule has 0 radical (unpaired) electrons. The average Bonchev–Trinajstić information content (AvgIpc) is 3.31. The summed E-state index contributed by atoms with van der Waals surface area (Å²) in [4.78, 5) is 13.0. The maximum Gasteiger partial charge on any atom is 0.337 e. The summed E-state index contributed by atoms with van der Waals surface area (Å²) >= 11 is 0. The summed E-state index contributed by atoms with van der Waals surface area (Å²) in [6, 6.07) is 12.1. The van der Waals surface area contributed by atoms with Gasteiger partial charge in [0.1, 0.15) is 6.61 Å². The van der Waals surface area contributed by atoms with E-state index in [1.807, 2.05) is 24.3 Å². The molecule has 2 heterocycles. The van der Waals surface area contributed by atoms with Crippen LogP contribution in [0.3, 0.4) is 0 Å². The summed E-state index contributed by atoms with van der Waals surface area (Å²) in [5.41, 5.74) is 3.23. The van der Waals surface area contributed by atoms with Crippen molar-refractivity contribution in [1.29, 1.82) is 0 Å². The molecule has 4 aromatic carbocycles. The van der Waals surface area contributed by atoms with E-state index in [0.717, 1.165) is 32.8 Å². The zero-order valence-corrected chi connectivity index (χ0v) is 21.2. The molecule has 38 heavy (non-hydrogen) atoms. The minimum Gasteiger partial charge on any atom is -0.504 e. The largest absolute Gasteiger partial charge is 0.504 e. The van der Waals surface area contributed by atoms with Crippen LogP contribution in [0.25, 0.3) is 21.5 Å². The van der Waals surface area contributed by atoms with Crippen molar-refractivity contribution in [1.82, 2.24) is 0 Å². The Bertz CT molecular complexity index is 1690. The van der Waals surface area contributed by atoms with Crippen molar-refractivity contribution in [3.63, 3.8) is 0 Å². The van der Waals surface area contributed by atoms with Gasteiger partial charge in [0, 0.05) is 11.3 Å². The van der Waals surface area contributed by atoms with Gasteiger partial charge in [-0.25, -0.2) is 4.79 Å². The van der Waals surface area contributed by atoms with Gasteiger partial charge in [0.25, 0.3) is 0 Å². The van der Waals surface area contributed by atoms with Crippen LogP contribution in [-0.4, -0.2) is 51.2 Å². The van der Waals surface area contributed by atoms with Gasteiger partial charge in [-0.05, 0) is 63.7 Å². The number of rotatable bonds is 5. The van der Waals surface area contributed by atoms with Crippen molar-refractivity contribution in [2.45, 2.75) is 5.92 Å². The van der Waals surface area contributed by atoms with Crippen molar-refractivity contribution >= 4 is 33.2 Å². The standard InChI is InChI=1S/C29H25NO8/c1-34-21-8-14-15-9-22(35-2)24(37-4)11-17(15)28-26(16(14)10-23(21)36-3)25(13-5-6-19(31)20(32)7-13)27-18(30-28)12-38-29(27)33/h5-11,25,30-32H,12H2,1-4H3. The highest BCUT2D eigenvalue weighted by molar-refractivity contribution is 6.19. The molecule has 0 amide bonds. The lowest BCUT2D eigenvalue weighted by Crippen LogP contribution is -2.20. The number of ether oxygens (including phenoxy) is 5. The Labute approximate surface area is 217 Å². The zero-order chi connectivity index (χ0) is 26.7. The maximum absolute atomic E-state index is 13.0. The molecule has 2 aliphatic rings. The number of phenols is 2. The van der Waals surface area contributed by atoms with Crippen LogP contribution < -0.4 is 24.3 Å². The van der Waals surface area contributed by atoms with E-state index in [1.165, 1.54) is 12.1 Å². The third-order valence-electron chi connectivity index (χ3n) is 7.25. The lowest BCUT2D eigenvalue weighted by molar-refractivity contribution is -0.136. The first kappa shape index (κ1) is 23.6. The number of aromatic hydroxyl groups is 2. The lowest BCUT2D eigenvalue weighted by atomic mass is 9.77. The Morgan fingerprint density at radius 3 is 1.89 bits per heavy atom. The summed E-state index contributed by atoms with van der Waals surface area (Å²) in [6.07, 6.45) is 0. The number of nitrogens with one attached hydrogen (secondary N) is 1. The van der Waals surface area contributed by atoms with Gasteiger partial charge in [-0.1, -0.05) is 6.07 Å². The molecule has 2 aliphatic heterocycles. The van der Waals surface area contributed by atoms with E-state index < -0.39 is 11.9 Å². The van der Waals surface area contributed by atoms with Crippen LogP contribution in [0.5, 0.6) is 34.5 Å².